The number of anilines is 2. The molecule has 5 aromatic rings. The van der Waals surface area contributed by atoms with Crippen LogP contribution < -0.4 is 14.5 Å². The van der Waals surface area contributed by atoms with Gasteiger partial charge in [-0.15, -0.1) is 0 Å². The number of rotatable bonds is 5. The number of allylic oxidation sites excluding steroid dienone is 1. The van der Waals surface area contributed by atoms with Gasteiger partial charge in [-0.25, -0.2) is 0 Å². The lowest BCUT2D eigenvalue weighted by atomic mass is 10.2. The maximum absolute atomic E-state index is 6.35. The Hall–Kier alpha value is -4.91. The van der Waals surface area contributed by atoms with Gasteiger partial charge in [-0.05, 0) is 43.3 Å². The minimum absolute atomic E-state index is 0.744. The zero-order chi connectivity index (χ0) is 26.5. The van der Waals surface area contributed by atoms with Gasteiger partial charge in [0.1, 0.15) is 17.3 Å². The van der Waals surface area contributed by atoms with E-state index in [-0.39, 0.29) is 0 Å². The molecule has 0 unspecified atom stereocenters. The number of pyridine rings is 1. The van der Waals surface area contributed by atoms with Gasteiger partial charge in [0.25, 0.3) is 0 Å². The van der Waals surface area contributed by atoms with Gasteiger partial charge in [-0.3, -0.25) is 9.55 Å². The van der Waals surface area contributed by atoms with E-state index in [0.717, 1.165) is 52.9 Å². The molecule has 7 nitrogen and oxygen atoms in total. The quantitative estimate of drug-likeness (QED) is 0.259. The molecule has 2 aromatic heterocycles. The molecule has 0 amide bonds. The van der Waals surface area contributed by atoms with E-state index in [2.05, 4.69) is 123 Å². The molecule has 0 atom stereocenters. The lowest BCUT2D eigenvalue weighted by Gasteiger charge is -2.22. The molecule has 3 aromatic carbocycles. The lowest BCUT2D eigenvalue weighted by Crippen LogP contribution is -2.24. The second-order valence-corrected chi connectivity index (χ2v) is 10.2. The summed E-state index contributed by atoms with van der Waals surface area (Å²) in [7, 11) is 4.22. The Bertz CT molecular complexity index is 1720. The highest BCUT2D eigenvalue weighted by molar-refractivity contribution is 6.09. The number of benzene rings is 3. The fourth-order valence-electron chi connectivity index (χ4n) is 5.71. The van der Waals surface area contributed by atoms with Crippen LogP contribution in [0.25, 0.3) is 27.6 Å². The first-order valence-corrected chi connectivity index (χ1v) is 13.1. The fourth-order valence-corrected chi connectivity index (χ4v) is 5.71. The van der Waals surface area contributed by atoms with Crippen molar-refractivity contribution in [2.75, 3.05) is 37.2 Å². The minimum Gasteiger partial charge on any atom is -0.457 e. The smallest absolute Gasteiger partial charge is 0.134 e. The van der Waals surface area contributed by atoms with E-state index in [1.54, 1.807) is 0 Å². The molecular formula is C32H30N6O. The van der Waals surface area contributed by atoms with Crippen LogP contribution in [0.4, 0.5) is 11.4 Å². The Morgan fingerprint density at radius 1 is 0.744 bits per heavy atom. The van der Waals surface area contributed by atoms with Gasteiger partial charge < -0.3 is 24.3 Å². The number of nitrogens with zero attached hydrogens (tertiary/aromatic N) is 6. The van der Waals surface area contributed by atoms with Crippen LogP contribution in [0.1, 0.15) is 6.92 Å². The van der Waals surface area contributed by atoms with E-state index >= 15 is 0 Å². The van der Waals surface area contributed by atoms with Crippen LogP contribution in [0.15, 0.2) is 109 Å². The van der Waals surface area contributed by atoms with E-state index in [4.69, 9.17) is 4.74 Å². The zero-order valence-electron chi connectivity index (χ0n) is 22.3. The third-order valence-electron chi connectivity index (χ3n) is 7.52. The van der Waals surface area contributed by atoms with E-state index in [1.165, 1.54) is 16.6 Å². The monoisotopic (exact) mass is 514 g/mol. The molecule has 7 rings (SSSR count). The predicted molar refractivity (Wildman–Crippen MR) is 158 cm³/mol. The van der Waals surface area contributed by atoms with Crippen molar-refractivity contribution in [3.63, 3.8) is 0 Å². The first-order valence-electron chi connectivity index (χ1n) is 13.1. The molecule has 194 valence electrons. The standard InChI is InChI=1S/C32H30N6O/c1-23-32(38-30-13-5-4-12-28(30)29-20-33-15-14-31(29)38)35(3)22-37(23)25-9-7-11-27(19-25)39-26-10-6-8-24(18-26)36-17-16-34(2)21-36/h4-20H,21-22H2,1-3H3. The largest absolute Gasteiger partial charge is 0.457 e. The highest BCUT2D eigenvalue weighted by atomic mass is 16.5. The Labute approximate surface area is 228 Å². The Morgan fingerprint density at radius 3 is 2.28 bits per heavy atom. The number of para-hydroxylation sites is 1. The van der Waals surface area contributed by atoms with Gasteiger partial charge in [0.05, 0.1) is 30.1 Å². The molecule has 0 fully saturated rings. The molecule has 0 spiro atoms. The summed E-state index contributed by atoms with van der Waals surface area (Å²) in [6, 6.07) is 27.2. The van der Waals surface area contributed by atoms with E-state index in [0.29, 0.717) is 0 Å². The molecular weight excluding hydrogens is 484 g/mol. The summed E-state index contributed by atoms with van der Waals surface area (Å²) in [5, 5.41) is 2.37. The normalized spacial score (nSPS) is 15.5. The van der Waals surface area contributed by atoms with Crippen molar-refractivity contribution >= 4 is 39.0 Å². The van der Waals surface area contributed by atoms with Crippen LogP contribution in [0, 0.1) is 0 Å². The summed E-state index contributed by atoms with van der Waals surface area (Å²) in [6.45, 7) is 3.77. The van der Waals surface area contributed by atoms with Crippen molar-refractivity contribution in [2.24, 2.45) is 0 Å². The number of aromatic nitrogens is 2. The van der Waals surface area contributed by atoms with Gasteiger partial charge >= 0.3 is 0 Å². The van der Waals surface area contributed by atoms with Crippen LogP contribution in [-0.4, -0.2) is 46.8 Å². The van der Waals surface area contributed by atoms with Crippen LogP contribution in [-0.2, 0) is 0 Å². The third-order valence-corrected chi connectivity index (χ3v) is 7.52. The molecule has 0 bridgehead atoms. The Balaban J connectivity index is 1.23. The average Bonchev–Trinajstić information content (AvgIpc) is 3.62. The first kappa shape index (κ1) is 23.2. The molecule has 2 aliphatic rings. The highest BCUT2D eigenvalue weighted by Crippen LogP contribution is 2.38. The van der Waals surface area contributed by atoms with Crippen molar-refractivity contribution in [1.29, 1.82) is 0 Å². The zero-order valence-corrected chi connectivity index (χ0v) is 22.3. The number of hydrogen-bond acceptors (Lipinski definition) is 6. The second kappa shape index (κ2) is 9.13. The van der Waals surface area contributed by atoms with E-state index < -0.39 is 0 Å². The molecule has 4 heterocycles. The molecule has 0 radical (unpaired) electrons. The molecule has 2 aliphatic heterocycles. The molecule has 0 saturated carbocycles. The van der Waals surface area contributed by atoms with Crippen LogP contribution in [0.2, 0.25) is 0 Å². The van der Waals surface area contributed by atoms with E-state index in [9.17, 15) is 0 Å². The maximum atomic E-state index is 6.35. The SMILES string of the molecule is CC1=C(n2c3ccccc3c3cnccc32)N(C)CN1c1cccc(Oc2cccc(N3C=CN(C)C3)c2)c1. The van der Waals surface area contributed by atoms with Crippen LogP contribution >= 0.6 is 0 Å². The van der Waals surface area contributed by atoms with Crippen LogP contribution in [0.3, 0.4) is 0 Å². The fraction of sp³-hybridized carbons (Fsp3) is 0.156. The number of hydrogen-bond donors (Lipinski definition) is 0. The van der Waals surface area contributed by atoms with Gasteiger partial charge in [-0.2, -0.15) is 0 Å². The van der Waals surface area contributed by atoms with Crippen molar-refractivity contribution < 1.29 is 4.74 Å². The van der Waals surface area contributed by atoms with Crippen molar-refractivity contribution in [3.8, 4) is 11.5 Å². The Kier molecular flexibility index (Phi) is 5.44. The van der Waals surface area contributed by atoms with Crippen molar-refractivity contribution in [3.05, 3.63) is 109 Å². The van der Waals surface area contributed by atoms with Gasteiger partial charge in [0.2, 0.25) is 0 Å². The predicted octanol–water partition coefficient (Wildman–Crippen LogP) is 6.72. The highest BCUT2D eigenvalue weighted by Gasteiger charge is 2.28. The second-order valence-electron chi connectivity index (χ2n) is 10.2. The first-order chi connectivity index (χ1) is 19.1. The molecule has 0 saturated heterocycles. The number of fused-ring (bicyclic) bond motifs is 3. The lowest BCUT2D eigenvalue weighted by molar-refractivity contribution is 0.479. The molecule has 0 aliphatic carbocycles. The van der Waals surface area contributed by atoms with Crippen LogP contribution in [0.5, 0.6) is 11.5 Å². The summed E-state index contributed by atoms with van der Waals surface area (Å²) in [5.41, 5.74) is 5.72. The Morgan fingerprint density at radius 2 is 1.49 bits per heavy atom. The summed E-state index contributed by atoms with van der Waals surface area (Å²) in [5.74, 6) is 2.79. The summed E-state index contributed by atoms with van der Waals surface area (Å²) < 4.78 is 8.71. The topological polar surface area (TPSA) is 40.0 Å². The minimum atomic E-state index is 0.744. The number of ether oxygens (including phenoxy) is 1. The van der Waals surface area contributed by atoms with Gasteiger partial charge in [-0.1, -0.05) is 30.3 Å². The van der Waals surface area contributed by atoms with Crippen molar-refractivity contribution in [1.82, 2.24) is 19.4 Å². The third kappa shape index (κ3) is 3.94. The summed E-state index contributed by atoms with van der Waals surface area (Å²) >= 11 is 0. The average molecular weight is 515 g/mol. The van der Waals surface area contributed by atoms with E-state index in [1.807, 2.05) is 30.6 Å². The maximum Gasteiger partial charge on any atom is 0.134 e. The molecule has 39 heavy (non-hydrogen) atoms. The molecule has 7 heteroatoms. The summed E-state index contributed by atoms with van der Waals surface area (Å²) in [4.78, 5) is 13.4. The molecule has 0 N–H and O–H groups in total. The van der Waals surface area contributed by atoms with Crippen molar-refractivity contribution in [2.45, 2.75) is 6.92 Å². The summed E-state index contributed by atoms with van der Waals surface area (Å²) in [6.07, 6.45) is 7.99. The van der Waals surface area contributed by atoms with Gasteiger partial charge in [0.15, 0.2) is 0 Å². The van der Waals surface area contributed by atoms with Gasteiger partial charge in [0, 0.05) is 73.2 Å².